The molecule has 4 saturated carbocycles. The van der Waals surface area contributed by atoms with Gasteiger partial charge in [0.15, 0.2) is 17.5 Å². The van der Waals surface area contributed by atoms with Gasteiger partial charge < -0.3 is 0 Å². The Morgan fingerprint density at radius 2 is 0.879 bits per heavy atom. The third-order valence-electron chi connectivity index (χ3n) is 14.9. The molecule has 66 heavy (non-hydrogen) atoms. The maximum atomic E-state index is 9.56. The molecular formula is C61H45N5. The Bertz CT molecular complexity index is 3290. The molecular weight excluding hydrogens is 803 g/mol. The highest BCUT2D eigenvalue weighted by atomic mass is 15.0. The van der Waals surface area contributed by atoms with Crippen LogP contribution in [0, 0.1) is 34.5 Å². The van der Waals surface area contributed by atoms with Gasteiger partial charge in [-0.2, -0.15) is 10.5 Å². The maximum Gasteiger partial charge on any atom is 0.164 e. The number of benzene rings is 8. The van der Waals surface area contributed by atoms with Crippen molar-refractivity contribution >= 4 is 10.8 Å². The Morgan fingerprint density at radius 1 is 0.394 bits per heavy atom. The van der Waals surface area contributed by atoms with Gasteiger partial charge in [-0.25, -0.2) is 15.0 Å². The van der Waals surface area contributed by atoms with Gasteiger partial charge in [0.1, 0.15) is 0 Å². The van der Waals surface area contributed by atoms with E-state index in [1.807, 2.05) is 42.5 Å². The summed E-state index contributed by atoms with van der Waals surface area (Å²) in [5.74, 6) is 3.29. The second kappa shape index (κ2) is 15.9. The lowest BCUT2D eigenvalue weighted by atomic mass is 9.41. The summed E-state index contributed by atoms with van der Waals surface area (Å²) < 4.78 is 0. The van der Waals surface area contributed by atoms with Gasteiger partial charge in [0, 0.05) is 16.7 Å². The molecule has 4 bridgehead atoms. The lowest BCUT2D eigenvalue weighted by Crippen LogP contribution is -2.55. The summed E-state index contributed by atoms with van der Waals surface area (Å²) >= 11 is 0. The fourth-order valence-corrected chi connectivity index (χ4v) is 12.3. The molecule has 0 spiro atoms. The molecule has 4 aliphatic carbocycles. The summed E-state index contributed by atoms with van der Waals surface area (Å²) in [4.78, 5) is 15.5. The molecule has 13 rings (SSSR count). The van der Waals surface area contributed by atoms with E-state index < -0.39 is 0 Å². The van der Waals surface area contributed by atoms with Crippen LogP contribution in [0.5, 0.6) is 0 Å². The van der Waals surface area contributed by atoms with Crippen LogP contribution in [0.25, 0.3) is 78.3 Å². The van der Waals surface area contributed by atoms with Crippen LogP contribution < -0.4 is 0 Å². The smallest absolute Gasteiger partial charge is 0.164 e. The van der Waals surface area contributed by atoms with E-state index in [0.29, 0.717) is 40.4 Å². The highest BCUT2D eigenvalue weighted by Gasteiger charge is 2.58. The van der Waals surface area contributed by atoms with Crippen LogP contribution in [0.15, 0.2) is 188 Å². The van der Waals surface area contributed by atoms with Crippen molar-refractivity contribution in [2.75, 3.05) is 0 Å². The molecule has 314 valence electrons. The average molecular weight is 848 g/mol. The molecule has 0 saturated heterocycles. The predicted octanol–water partition coefficient (Wildman–Crippen LogP) is 14.6. The van der Waals surface area contributed by atoms with Crippen LogP contribution in [0.2, 0.25) is 0 Å². The molecule has 4 fully saturated rings. The zero-order valence-corrected chi connectivity index (χ0v) is 36.5. The summed E-state index contributed by atoms with van der Waals surface area (Å²) in [6.07, 6.45) is 7.23. The Hall–Kier alpha value is -7.99. The number of hydrogen-bond donors (Lipinski definition) is 0. The molecule has 5 nitrogen and oxygen atoms in total. The molecule has 0 aliphatic heterocycles. The first-order valence-corrected chi connectivity index (χ1v) is 23.1. The van der Waals surface area contributed by atoms with E-state index in [9.17, 15) is 10.5 Å². The van der Waals surface area contributed by atoms with Crippen LogP contribution >= 0.6 is 0 Å². The molecule has 1 heterocycles. The molecule has 2 unspecified atom stereocenters. The summed E-state index contributed by atoms with van der Waals surface area (Å²) in [5.41, 5.74) is 14.0. The zero-order chi connectivity index (χ0) is 44.2. The zero-order valence-electron chi connectivity index (χ0n) is 36.5. The number of fused-ring (bicyclic) bond motifs is 1. The first-order valence-electron chi connectivity index (χ1n) is 23.1. The average Bonchev–Trinajstić information content (AvgIpc) is 3.38. The molecule has 0 N–H and O–H groups in total. The van der Waals surface area contributed by atoms with Crippen molar-refractivity contribution in [3.05, 3.63) is 210 Å². The highest BCUT2D eigenvalue weighted by molar-refractivity contribution is 5.98. The Balaban J connectivity index is 0.921. The van der Waals surface area contributed by atoms with Crippen molar-refractivity contribution in [3.8, 4) is 79.7 Å². The summed E-state index contributed by atoms with van der Waals surface area (Å²) in [5, 5.41) is 21.5. The van der Waals surface area contributed by atoms with Crippen molar-refractivity contribution in [1.82, 2.24) is 15.0 Å². The van der Waals surface area contributed by atoms with E-state index in [-0.39, 0.29) is 10.8 Å². The van der Waals surface area contributed by atoms with Crippen molar-refractivity contribution in [2.45, 2.75) is 49.4 Å². The molecule has 0 amide bonds. The van der Waals surface area contributed by atoms with E-state index in [1.165, 1.54) is 59.7 Å². The van der Waals surface area contributed by atoms with Crippen LogP contribution in [-0.2, 0) is 10.8 Å². The number of nitriles is 2. The van der Waals surface area contributed by atoms with Crippen molar-refractivity contribution in [3.63, 3.8) is 0 Å². The third kappa shape index (κ3) is 7.05. The third-order valence-corrected chi connectivity index (χ3v) is 14.9. The molecule has 1 aromatic heterocycles. The van der Waals surface area contributed by atoms with Crippen molar-refractivity contribution in [1.29, 1.82) is 10.5 Å². The fraction of sp³-hybridized carbons (Fsp3) is 0.164. The first kappa shape index (κ1) is 39.6. The summed E-state index contributed by atoms with van der Waals surface area (Å²) in [6, 6.07) is 70.7. The molecule has 8 aromatic carbocycles. The van der Waals surface area contributed by atoms with Crippen LogP contribution in [0.1, 0.15) is 60.8 Å². The van der Waals surface area contributed by atoms with Gasteiger partial charge in [0.25, 0.3) is 0 Å². The van der Waals surface area contributed by atoms with Gasteiger partial charge in [-0.1, -0.05) is 152 Å². The Morgan fingerprint density at radius 3 is 1.44 bits per heavy atom. The molecule has 0 radical (unpaired) electrons. The van der Waals surface area contributed by atoms with E-state index in [0.717, 1.165) is 50.8 Å². The van der Waals surface area contributed by atoms with Crippen LogP contribution in [0.3, 0.4) is 0 Å². The number of aromatic nitrogens is 3. The number of nitrogens with zero attached hydrogens (tertiary/aromatic N) is 5. The van der Waals surface area contributed by atoms with Gasteiger partial charge >= 0.3 is 0 Å². The first-order chi connectivity index (χ1) is 32.4. The van der Waals surface area contributed by atoms with Gasteiger partial charge in [-0.05, 0) is 153 Å². The van der Waals surface area contributed by atoms with E-state index >= 15 is 0 Å². The minimum atomic E-state index is 0.0423. The van der Waals surface area contributed by atoms with E-state index in [1.54, 1.807) is 0 Å². The predicted molar refractivity (Wildman–Crippen MR) is 264 cm³/mol. The van der Waals surface area contributed by atoms with Gasteiger partial charge in [-0.15, -0.1) is 0 Å². The summed E-state index contributed by atoms with van der Waals surface area (Å²) in [7, 11) is 0. The summed E-state index contributed by atoms with van der Waals surface area (Å²) in [6.45, 7) is 0. The SMILES string of the molecule is N#Cc1ccc(-c2cc(-c3ccc(C#N)cc3)cc(C34CC5CC(CC(c6ccc(-c7nc(-c8ccccc8)nc(-c8ccc9cccc(-c%10ccccc%10)c9c8)n7)cc6)(C5)C3)C4)c2)cc1. The Labute approximate surface area is 385 Å². The molecule has 2 atom stereocenters. The van der Waals surface area contributed by atoms with Crippen molar-refractivity contribution < 1.29 is 0 Å². The minimum Gasteiger partial charge on any atom is -0.208 e. The molecule has 9 aromatic rings. The van der Waals surface area contributed by atoms with Gasteiger partial charge in [-0.3, -0.25) is 0 Å². The van der Waals surface area contributed by atoms with Crippen LogP contribution in [0.4, 0.5) is 0 Å². The number of hydrogen-bond acceptors (Lipinski definition) is 5. The largest absolute Gasteiger partial charge is 0.208 e. The van der Waals surface area contributed by atoms with Gasteiger partial charge in [0.2, 0.25) is 0 Å². The van der Waals surface area contributed by atoms with Gasteiger partial charge in [0.05, 0.1) is 23.3 Å². The molecule has 5 heteroatoms. The normalized spacial score (nSPS) is 20.5. The van der Waals surface area contributed by atoms with E-state index in [2.05, 4.69) is 158 Å². The number of rotatable bonds is 8. The van der Waals surface area contributed by atoms with Crippen molar-refractivity contribution in [2.24, 2.45) is 11.8 Å². The molecule has 4 aliphatic rings. The monoisotopic (exact) mass is 847 g/mol. The maximum absolute atomic E-state index is 9.56. The topological polar surface area (TPSA) is 86.2 Å². The minimum absolute atomic E-state index is 0.0423. The highest BCUT2D eigenvalue weighted by Crippen LogP contribution is 2.66. The van der Waals surface area contributed by atoms with E-state index in [4.69, 9.17) is 15.0 Å². The van der Waals surface area contributed by atoms with Crippen LogP contribution in [-0.4, -0.2) is 15.0 Å². The lowest BCUT2D eigenvalue weighted by Gasteiger charge is -2.63. The fourth-order valence-electron chi connectivity index (χ4n) is 12.3. The quantitative estimate of drug-likeness (QED) is 0.152. The second-order valence-corrected chi connectivity index (χ2v) is 19.1. The Kier molecular flexibility index (Phi) is 9.55. The standard InChI is InChI=1S/C61H45N5/c62-37-40-14-18-44(19-15-40)51-29-52(45-20-16-41(38-63)17-21-45)31-54(30-51)61-35-42-28-43(36-61)34-60(33-42,39-61)53-26-24-49(25-27-53)58-64-57(48-10-5-2-6-11-48)65-59(66-58)50-23-22-47-12-7-13-55(56(47)32-50)46-8-3-1-4-9-46/h1-27,29-32,42-43H,28,33-36,39H2. The lowest BCUT2D eigenvalue weighted by molar-refractivity contribution is -0.0281. The second-order valence-electron chi connectivity index (χ2n) is 19.1.